The fourth-order valence-electron chi connectivity index (χ4n) is 5.52. The van der Waals surface area contributed by atoms with E-state index in [2.05, 4.69) is 10.3 Å². The molecule has 4 aliphatic carbocycles. The Hall–Kier alpha value is -1.46. The van der Waals surface area contributed by atoms with Gasteiger partial charge in [-0.15, -0.1) is 0 Å². The summed E-state index contributed by atoms with van der Waals surface area (Å²) in [6, 6.07) is 3.36. The molecule has 0 saturated heterocycles. The van der Waals surface area contributed by atoms with Crippen LogP contribution in [-0.4, -0.2) is 22.6 Å². The molecule has 1 aromatic heterocycles. The van der Waals surface area contributed by atoms with Crippen LogP contribution in [0.3, 0.4) is 0 Å². The lowest BCUT2D eigenvalue weighted by Gasteiger charge is -2.62. The van der Waals surface area contributed by atoms with Crippen LogP contribution in [0, 0.1) is 17.3 Å². The Labute approximate surface area is 126 Å². The lowest BCUT2D eigenvalue weighted by molar-refractivity contribution is -0.277. The molecule has 0 radical (unpaired) electrons. The first-order valence-corrected chi connectivity index (χ1v) is 7.84. The second-order valence-corrected chi connectivity index (χ2v) is 7.56. The second kappa shape index (κ2) is 4.30. The number of hydrogen-bond acceptors (Lipinski definition) is 1. The Morgan fingerprint density at radius 3 is 2.45 bits per heavy atom. The first-order valence-electron chi connectivity index (χ1n) is 7.84. The van der Waals surface area contributed by atoms with E-state index in [0.29, 0.717) is 18.5 Å². The van der Waals surface area contributed by atoms with Crippen LogP contribution in [0.1, 0.15) is 49.0 Å². The topological polar surface area (TPSA) is 44.9 Å². The van der Waals surface area contributed by atoms with Gasteiger partial charge in [0.2, 0.25) is 0 Å². The first-order chi connectivity index (χ1) is 10.3. The summed E-state index contributed by atoms with van der Waals surface area (Å²) in [5.41, 5.74) is -1.85. The van der Waals surface area contributed by atoms with Crippen molar-refractivity contribution in [2.24, 2.45) is 17.3 Å². The van der Waals surface area contributed by atoms with Crippen molar-refractivity contribution in [1.82, 2.24) is 10.3 Å². The smallest absolute Gasteiger partial charge is 0.357 e. The van der Waals surface area contributed by atoms with E-state index < -0.39 is 17.1 Å². The third-order valence-electron chi connectivity index (χ3n) is 5.88. The summed E-state index contributed by atoms with van der Waals surface area (Å²) >= 11 is 0. The number of carbonyl (C=O) groups excluding carboxylic acids is 1. The molecule has 4 bridgehead atoms. The Morgan fingerprint density at radius 1 is 1.23 bits per heavy atom. The lowest BCUT2D eigenvalue weighted by atomic mass is 9.46. The van der Waals surface area contributed by atoms with Crippen LogP contribution in [0.15, 0.2) is 18.3 Å². The zero-order chi connectivity index (χ0) is 15.6. The number of aromatic nitrogens is 1. The van der Waals surface area contributed by atoms with Crippen LogP contribution >= 0.6 is 0 Å². The Bertz CT molecular complexity index is 579. The van der Waals surface area contributed by atoms with Gasteiger partial charge in [0.1, 0.15) is 5.69 Å². The molecule has 0 spiro atoms. The van der Waals surface area contributed by atoms with Crippen LogP contribution in [0.4, 0.5) is 13.2 Å². The van der Waals surface area contributed by atoms with Crippen molar-refractivity contribution in [2.45, 2.75) is 50.2 Å². The van der Waals surface area contributed by atoms with Crippen LogP contribution in [-0.2, 0) is 0 Å². The number of nitrogens with one attached hydrogen (secondary N) is 2. The van der Waals surface area contributed by atoms with Gasteiger partial charge in [-0.1, -0.05) is 0 Å². The van der Waals surface area contributed by atoms with Crippen molar-refractivity contribution >= 4 is 5.91 Å². The predicted octanol–water partition coefficient (Wildman–Crippen LogP) is 3.65. The van der Waals surface area contributed by atoms with Crippen LogP contribution in [0.5, 0.6) is 0 Å². The van der Waals surface area contributed by atoms with E-state index in [1.807, 2.05) is 0 Å². The number of H-pyrrole nitrogens is 1. The number of carbonyl (C=O) groups is 1. The predicted molar refractivity (Wildman–Crippen MR) is 74.2 cm³/mol. The van der Waals surface area contributed by atoms with E-state index in [0.717, 1.165) is 6.42 Å². The van der Waals surface area contributed by atoms with E-state index in [4.69, 9.17) is 0 Å². The van der Waals surface area contributed by atoms with Crippen molar-refractivity contribution in [2.75, 3.05) is 0 Å². The molecule has 4 fully saturated rings. The summed E-state index contributed by atoms with van der Waals surface area (Å²) in [4.78, 5) is 15.1. The molecule has 5 rings (SSSR count). The molecule has 1 heterocycles. The van der Waals surface area contributed by atoms with Gasteiger partial charge in [0.05, 0.1) is 5.41 Å². The molecule has 2 unspecified atom stereocenters. The minimum atomic E-state index is -4.17. The van der Waals surface area contributed by atoms with Crippen molar-refractivity contribution in [1.29, 1.82) is 0 Å². The Balaban J connectivity index is 1.63. The average Bonchev–Trinajstić information content (AvgIpc) is 2.88. The Kier molecular flexibility index (Phi) is 2.76. The minimum absolute atomic E-state index is 0.0446. The standard InChI is InChI=1S/C16H19F3N2O/c17-16(18,19)14-5-10-4-11(6-14)8-15(7-10,9-14)21-13(22)12-2-1-3-20-12/h1-3,10-11,20H,4-9H2,(H,21,22)/t10-,11+,14?,15?. The largest absolute Gasteiger partial charge is 0.394 e. The van der Waals surface area contributed by atoms with Crippen LogP contribution in [0.25, 0.3) is 0 Å². The zero-order valence-corrected chi connectivity index (χ0v) is 12.2. The van der Waals surface area contributed by atoms with E-state index >= 15 is 0 Å². The highest BCUT2D eigenvalue weighted by atomic mass is 19.4. The maximum absolute atomic E-state index is 13.7. The maximum Gasteiger partial charge on any atom is 0.394 e. The Morgan fingerprint density at radius 2 is 1.91 bits per heavy atom. The van der Waals surface area contributed by atoms with Gasteiger partial charge < -0.3 is 10.3 Å². The molecule has 4 atom stereocenters. The number of halogens is 3. The van der Waals surface area contributed by atoms with Crippen LogP contribution in [0.2, 0.25) is 0 Å². The van der Waals surface area contributed by atoms with Gasteiger partial charge >= 0.3 is 6.18 Å². The molecular weight excluding hydrogens is 293 g/mol. The third-order valence-corrected chi connectivity index (χ3v) is 5.88. The minimum Gasteiger partial charge on any atom is -0.357 e. The number of rotatable bonds is 2. The molecule has 0 aliphatic heterocycles. The van der Waals surface area contributed by atoms with Gasteiger partial charge in [0, 0.05) is 11.7 Å². The molecule has 2 N–H and O–H groups in total. The van der Waals surface area contributed by atoms with Gasteiger partial charge in [0.15, 0.2) is 0 Å². The quantitative estimate of drug-likeness (QED) is 0.860. The summed E-state index contributed by atoms with van der Waals surface area (Å²) in [5.74, 6) is -0.108. The molecular formula is C16H19F3N2O. The summed E-state index contributed by atoms with van der Waals surface area (Å²) in [6.07, 6.45) is 0.266. The SMILES string of the molecule is O=C(NC12C[C@H]3C[C@@H](C1)CC(C(F)(F)F)(C3)C2)c1ccc[nH]1. The van der Waals surface area contributed by atoms with E-state index in [1.54, 1.807) is 18.3 Å². The molecule has 4 saturated carbocycles. The van der Waals surface area contributed by atoms with Crippen molar-refractivity contribution < 1.29 is 18.0 Å². The zero-order valence-electron chi connectivity index (χ0n) is 12.2. The van der Waals surface area contributed by atoms with E-state index in [9.17, 15) is 18.0 Å². The molecule has 1 amide bonds. The fourth-order valence-corrected chi connectivity index (χ4v) is 5.52. The maximum atomic E-state index is 13.7. The molecule has 4 aliphatic rings. The molecule has 120 valence electrons. The summed E-state index contributed by atoms with van der Waals surface area (Å²) < 4.78 is 41.0. The van der Waals surface area contributed by atoms with Gasteiger partial charge in [0.25, 0.3) is 5.91 Å². The van der Waals surface area contributed by atoms with Crippen molar-refractivity contribution in [3.05, 3.63) is 24.0 Å². The van der Waals surface area contributed by atoms with Crippen molar-refractivity contribution in [3.8, 4) is 0 Å². The number of hydrogen-bond donors (Lipinski definition) is 2. The molecule has 0 aromatic carbocycles. The molecule has 22 heavy (non-hydrogen) atoms. The normalized spacial score (nSPS) is 40.0. The number of aromatic amines is 1. The first kappa shape index (κ1) is 14.2. The van der Waals surface area contributed by atoms with Gasteiger partial charge in [-0.25, -0.2) is 0 Å². The highest BCUT2D eigenvalue weighted by molar-refractivity contribution is 5.92. The monoisotopic (exact) mass is 312 g/mol. The summed E-state index contributed by atoms with van der Waals surface area (Å²) in [5, 5.41) is 2.95. The van der Waals surface area contributed by atoms with Gasteiger partial charge in [-0.05, 0) is 62.5 Å². The van der Waals surface area contributed by atoms with Crippen molar-refractivity contribution in [3.63, 3.8) is 0 Å². The fraction of sp³-hybridized carbons (Fsp3) is 0.688. The lowest BCUT2D eigenvalue weighted by Crippen LogP contribution is -2.66. The van der Waals surface area contributed by atoms with Gasteiger partial charge in [-0.3, -0.25) is 4.79 Å². The molecule has 6 heteroatoms. The number of alkyl halides is 3. The average molecular weight is 312 g/mol. The van der Waals surface area contributed by atoms with E-state index in [1.165, 1.54) is 0 Å². The molecule has 3 nitrogen and oxygen atoms in total. The van der Waals surface area contributed by atoms with Gasteiger partial charge in [-0.2, -0.15) is 13.2 Å². The van der Waals surface area contributed by atoms with Crippen LogP contribution < -0.4 is 5.32 Å². The number of amides is 1. The molecule has 1 aromatic rings. The highest BCUT2D eigenvalue weighted by Crippen LogP contribution is 2.66. The van der Waals surface area contributed by atoms with E-state index in [-0.39, 0.29) is 37.0 Å². The third kappa shape index (κ3) is 1.99. The highest BCUT2D eigenvalue weighted by Gasteiger charge is 2.67. The second-order valence-electron chi connectivity index (χ2n) is 7.56. The summed E-state index contributed by atoms with van der Waals surface area (Å²) in [6.45, 7) is 0. The summed E-state index contributed by atoms with van der Waals surface area (Å²) in [7, 11) is 0.